The summed E-state index contributed by atoms with van der Waals surface area (Å²) in [6, 6.07) is 5.19. The van der Waals surface area contributed by atoms with Gasteiger partial charge < -0.3 is 15.7 Å². The van der Waals surface area contributed by atoms with Crippen molar-refractivity contribution in [1.29, 1.82) is 0 Å². The summed E-state index contributed by atoms with van der Waals surface area (Å²) in [5.41, 5.74) is 1.83. The highest BCUT2D eigenvalue weighted by atomic mass is 79.9. The summed E-state index contributed by atoms with van der Waals surface area (Å²) in [7, 11) is 0. The monoisotopic (exact) mass is 328 g/mol. The van der Waals surface area contributed by atoms with Crippen molar-refractivity contribution in [3.05, 3.63) is 28.2 Å². The van der Waals surface area contributed by atoms with Crippen LogP contribution in [0.25, 0.3) is 0 Å². The molecule has 1 aromatic carbocycles. The normalized spacial score (nSPS) is 12.3. The second-order valence-electron chi connectivity index (χ2n) is 5.09. The molecule has 0 bridgehead atoms. The van der Waals surface area contributed by atoms with Gasteiger partial charge in [-0.1, -0.05) is 19.9 Å². The molecular weight excluding hydrogens is 308 g/mol. The second-order valence-corrected chi connectivity index (χ2v) is 5.95. The number of hydrogen-bond donors (Lipinski definition) is 3. The lowest BCUT2D eigenvalue weighted by Gasteiger charge is -2.19. The number of nitrogens with one attached hydrogen (secondary N) is 2. The van der Waals surface area contributed by atoms with Crippen LogP contribution in [0.4, 0.5) is 10.5 Å². The molecule has 0 fully saturated rings. The number of aliphatic hydroxyl groups is 1. The Labute approximate surface area is 122 Å². The number of urea groups is 1. The first-order chi connectivity index (χ1) is 8.92. The van der Waals surface area contributed by atoms with Crippen LogP contribution in [0.5, 0.6) is 0 Å². The fourth-order valence-corrected chi connectivity index (χ4v) is 2.41. The van der Waals surface area contributed by atoms with E-state index < -0.39 is 0 Å². The van der Waals surface area contributed by atoms with Gasteiger partial charge >= 0.3 is 6.03 Å². The average Bonchev–Trinajstić information content (AvgIpc) is 2.31. The van der Waals surface area contributed by atoms with Crippen molar-refractivity contribution in [1.82, 2.24) is 5.32 Å². The van der Waals surface area contributed by atoms with E-state index in [4.69, 9.17) is 0 Å². The van der Waals surface area contributed by atoms with E-state index in [0.29, 0.717) is 11.6 Å². The maximum atomic E-state index is 11.8. The number of aliphatic hydroxyl groups excluding tert-OH is 1. The third kappa shape index (κ3) is 5.61. The molecule has 4 nitrogen and oxygen atoms in total. The fraction of sp³-hybridized carbons (Fsp3) is 0.500. The van der Waals surface area contributed by atoms with Gasteiger partial charge in [-0.05, 0) is 52.9 Å². The van der Waals surface area contributed by atoms with E-state index in [1.165, 1.54) is 0 Å². The molecule has 0 heterocycles. The smallest absolute Gasteiger partial charge is 0.319 e. The zero-order chi connectivity index (χ0) is 14.4. The minimum absolute atomic E-state index is 0.0549. The zero-order valence-corrected chi connectivity index (χ0v) is 13.1. The molecule has 0 saturated carbocycles. The minimum Gasteiger partial charge on any atom is -0.394 e. The van der Waals surface area contributed by atoms with Crippen LogP contribution in [0.3, 0.4) is 0 Å². The Morgan fingerprint density at radius 2 is 2.11 bits per heavy atom. The van der Waals surface area contributed by atoms with Crippen molar-refractivity contribution in [3.8, 4) is 0 Å². The highest BCUT2D eigenvalue weighted by Gasteiger charge is 2.13. The first-order valence-electron chi connectivity index (χ1n) is 6.37. The second kappa shape index (κ2) is 7.50. The van der Waals surface area contributed by atoms with E-state index in [0.717, 1.165) is 16.5 Å². The molecular formula is C14H21BrN2O2. The Hall–Kier alpha value is -1.07. The Bertz CT molecular complexity index is 435. The fourth-order valence-electron chi connectivity index (χ4n) is 1.81. The molecule has 0 aliphatic rings. The van der Waals surface area contributed by atoms with Gasteiger partial charge in [-0.25, -0.2) is 4.79 Å². The molecule has 0 aromatic heterocycles. The van der Waals surface area contributed by atoms with E-state index in [9.17, 15) is 9.90 Å². The lowest BCUT2D eigenvalue weighted by atomic mass is 10.0. The Kier molecular flexibility index (Phi) is 6.31. The van der Waals surface area contributed by atoms with Crippen molar-refractivity contribution in [2.45, 2.75) is 33.2 Å². The van der Waals surface area contributed by atoms with Crippen molar-refractivity contribution in [2.24, 2.45) is 5.92 Å². The van der Waals surface area contributed by atoms with E-state index in [1.54, 1.807) is 0 Å². The summed E-state index contributed by atoms with van der Waals surface area (Å²) < 4.78 is 0.840. The molecule has 0 aliphatic heterocycles. The summed E-state index contributed by atoms with van der Waals surface area (Å²) in [4.78, 5) is 11.8. The van der Waals surface area contributed by atoms with Gasteiger partial charge in [-0.2, -0.15) is 0 Å². The van der Waals surface area contributed by atoms with Gasteiger partial charge in [-0.3, -0.25) is 0 Å². The van der Waals surface area contributed by atoms with Crippen LogP contribution >= 0.6 is 15.9 Å². The van der Waals surface area contributed by atoms with Gasteiger partial charge in [0.25, 0.3) is 0 Å². The third-order valence-electron chi connectivity index (χ3n) is 2.68. The van der Waals surface area contributed by atoms with E-state index >= 15 is 0 Å². The van der Waals surface area contributed by atoms with Crippen LogP contribution in [0.2, 0.25) is 0 Å². The molecule has 3 N–H and O–H groups in total. The molecule has 0 spiro atoms. The molecule has 1 atom stereocenters. The lowest BCUT2D eigenvalue weighted by Crippen LogP contribution is -2.41. The number of carbonyl (C=O) groups is 1. The molecule has 0 aliphatic carbocycles. The Morgan fingerprint density at radius 1 is 1.42 bits per heavy atom. The molecule has 1 unspecified atom stereocenters. The number of anilines is 1. The van der Waals surface area contributed by atoms with Gasteiger partial charge in [-0.15, -0.1) is 0 Å². The summed E-state index contributed by atoms with van der Waals surface area (Å²) in [5, 5.41) is 14.8. The largest absolute Gasteiger partial charge is 0.394 e. The number of hydrogen-bond acceptors (Lipinski definition) is 2. The molecule has 106 valence electrons. The van der Waals surface area contributed by atoms with Gasteiger partial charge in [0.1, 0.15) is 0 Å². The Balaban J connectivity index is 2.59. The van der Waals surface area contributed by atoms with Crippen LogP contribution in [0, 0.1) is 12.8 Å². The van der Waals surface area contributed by atoms with Gasteiger partial charge in [0.05, 0.1) is 18.3 Å². The molecule has 5 heteroatoms. The highest BCUT2D eigenvalue weighted by molar-refractivity contribution is 9.10. The first-order valence-corrected chi connectivity index (χ1v) is 7.16. The van der Waals surface area contributed by atoms with Crippen LogP contribution < -0.4 is 10.6 Å². The van der Waals surface area contributed by atoms with Crippen molar-refractivity contribution in [2.75, 3.05) is 11.9 Å². The molecule has 1 aromatic rings. The zero-order valence-electron chi connectivity index (χ0n) is 11.5. The Morgan fingerprint density at radius 3 is 2.63 bits per heavy atom. The number of benzene rings is 1. The quantitative estimate of drug-likeness (QED) is 0.776. The standard InChI is InChI=1S/C14H21BrN2O2/c1-9(2)6-11(8-18)16-14(19)17-13-5-4-10(3)7-12(13)15/h4-5,7,9,11,18H,6,8H2,1-3H3,(H2,16,17,19). The van der Waals surface area contributed by atoms with Crippen LogP contribution in [-0.2, 0) is 0 Å². The number of carbonyl (C=O) groups excluding carboxylic acids is 1. The summed E-state index contributed by atoms with van der Waals surface area (Å²) in [6.45, 7) is 6.04. The van der Waals surface area contributed by atoms with Crippen LogP contribution in [0.1, 0.15) is 25.8 Å². The summed E-state index contributed by atoms with van der Waals surface area (Å²) in [5.74, 6) is 0.420. The molecule has 19 heavy (non-hydrogen) atoms. The van der Waals surface area contributed by atoms with Crippen LogP contribution in [-0.4, -0.2) is 23.8 Å². The minimum atomic E-state index is -0.302. The van der Waals surface area contributed by atoms with Gasteiger partial charge in [0, 0.05) is 4.47 Å². The highest BCUT2D eigenvalue weighted by Crippen LogP contribution is 2.23. The summed E-state index contributed by atoms with van der Waals surface area (Å²) >= 11 is 3.41. The SMILES string of the molecule is Cc1ccc(NC(=O)NC(CO)CC(C)C)c(Br)c1. The maximum Gasteiger partial charge on any atom is 0.319 e. The number of aryl methyl sites for hydroxylation is 1. The van der Waals surface area contributed by atoms with E-state index in [-0.39, 0.29) is 18.7 Å². The van der Waals surface area contributed by atoms with E-state index in [1.807, 2.05) is 25.1 Å². The van der Waals surface area contributed by atoms with E-state index in [2.05, 4.69) is 40.4 Å². The third-order valence-corrected chi connectivity index (χ3v) is 3.34. The van der Waals surface area contributed by atoms with Crippen molar-refractivity contribution < 1.29 is 9.90 Å². The molecule has 0 saturated heterocycles. The van der Waals surface area contributed by atoms with Gasteiger partial charge in [0.2, 0.25) is 0 Å². The number of halogens is 1. The molecule has 0 radical (unpaired) electrons. The van der Waals surface area contributed by atoms with Crippen molar-refractivity contribution in [3.63, 3.8) is 0 Å². The first kappa shape index (κ1) is 16.0. The lowest BCUT2D eigenvalue weighted by molar-refractivity contribution is 0.214. The average molecular weight is 329 g/mol. The van der Waals surface area contributed by atoms with Crippen molar-refractivity contribution >= 4 is 27.6 Å². The van der Waals surface area contributed by atoms with Gasteiger partial charge in [0.15, 0.2) is 0 Å². The van der Waals surface area contributed by atoms with Crippen LogP contribution in [0.15, 0.2) is 22.7 Å². The topological polar surface area (TPSA) is 61.4 Å². The molecule has 2 amide bonds. The maximum absolute atomic E-state index is 11.8. The summed E-state index contributed by atoms with van der Waals surface area (Å²) in [6.07, 6.45) is 0.749. The number of amides is 2. The predicted molar refractivity (Wildman–Crippen MR) is 81.4 cm³/mol. The number of rotatable bonds is 5. The molecule has 1 rings (SSSR count). The predicted octanol–water partition coefficient (Wildman–Crippen LogP) is 3.29.